The number of aliphatic hydroxyl groups is 1. The lowest BCUT2D eigenvalue weighted by Gasteiger charge is -2.38. The number of carbonyl (C=O) groups excluding carboxylic acids is 1. The fourth-order valence-electron chi connectivity index (χ4n) is 2.85. The second-order valence-corrected chi connectivity index (χ2v) is 6.84. The highest BCUT2D eigenvalue weighted by Crippen LogP contribution is 2.12. The highest BCUT2D eigenvalue weighted by atomic mass is 127. The zero-order valence-corrected chi connectivity index (χ0v) is 18.9. The molecular formula is C20H31ClINO3. The van der Waals surface area contributed by atoms with Crippen molar-refractivity contribution in [1.29, 1.82) is 0 Å². The Hall–Kier alpha value is -0.630. The smallest absolute Gasteiger partial charge is 0.330 e. The van der Waals surface area contributed by atoms with Crippen LogP contribution in [0.25, 0.3) is 6.08 Å². The number of nitrogens with zero attached hydrogens (tertiary/aromatic N) is 1. The number of quaternary nitrogens is 1. The number of hydrogen-bond donors (Lipinski definition) is 1. The lowest BCUT2D eigenvalue weighted by Crippen LogP contribution is -3.00. The van der Waals surface area contributed by atoms with Crippen molar-refractivity contribution in [3.05, 3.63) is 40.9 Å². The molecule has 4 nitrogen and oxygen atoms in total. The van der Waals surface area contributed by atoms with Gasteiger partial charge in [-0.2, -0.15) is 0 Å². The lowest BCUT2D eigenvalue weighted by molar-refractivity contribution is -0.927. The molecular weight excluding hydrogens is 465 g/mol. The van der Waals surface area contributed by atoms with Crippen molar-refractivity contribution in [3.63, 3.8) is 0 Å². The standard InChI is InChI=1S/C20H31ClNO3.HI/c1-4-7-14-22(5-2,6-3)15-19(23)16-25-20(24)13-10-17-8-11-18(21)12-9-17;/h8-13,19,23H,4-7,14-16H2,1-3H3;1H/q+1;/p-1/b13-10+;. The number of esters is 1. The van der Waals surface area contributed by atoms with Crippen molar-refractivity contribution in [2.24, 2.45) is 0 Å². The summed E-state index contributed by atoms with van der Waals surface area (Å²) >= 11 is 5.82. The van der Waals surface area contributed by atoms with Gasteiger partial charge in [-0.15, -0.1) is 0 Å². The summed E-state index contributed by atoms with van der Waals surface area (Å²) in [5.74, 6) is -0.450. The van der Waals surface area contributed by atoms with E-state index in [0.717, 1.165) is 42.5 Å². The molecule has 1 unspecified atom stereocenters. The molecule has 0 heterocycles. The molecule has 0 saturated heterocycles. The third-order valence-corrected chi connectivity index (χ3v) is 4.88. The van der Waals surface area contributed by atoms with Gasteiger partial charge in [-0.3, -0.25) is 0 Å². The van der Waals surface area contributed by atoms with Gasteiger partial charge in [0.25, 0.3) is 0 Å². The first-order chi connectivity index (χ1) is 11.9. The van der Waals surface area contributed by atoms with Gasteiger partial charge in [-0.05, 0) is 44.0 Å². The van der Waals surface area contributed by atoms with Crippen molar-refractivity contribution in [2.45, 2.75) is 39.7 Å². The highest BCUT2D eigenvalue weighted by molar-refractivity contribution is 6.30. The van der Waals surface area contributed by atoms with Crippen molar-refractivity contribution in [1.82, 2.24) is 0 Å². The van der Waals surface area contributed by atoms with Gasteiger partial charge >= 0.3 is 5.97 Å². The molecule has 0 aromatic heterocycles. The normalized spacial score (nSPS) is 12.7. The van der Waals surface area contributed by atoms with E-state index >= 15 is 0 Å². The molecule has 0 spiro atoms. The maximum atomic E-state index is 11.8. The Bertz CT molecular complexity index is 544. The summed E-state index contributed by atoms with van der Waals surface area (Å²) in [5, 5.41) is 10.9. The fourth-order valence-corrected chi connectivity index (χ4v) is 2.97. The SMILES string of the molecule is CCCC[N+](CC)(CC)CC(O)COC(=O)/C=C/c1ccc(Cl)cc1.[I-]. The average molecular weight is 496 g/mol. The predicted molar refractivity (Wildman–Crippen MR) is 103 cm³/mol. The maximum absolute atomic E-state index is 11.8. The van der Waals surface area contributed by atoms with Crippen LogP contribution in [0.4, 0.5) is 0 Å². The summed E-state index contributed by atoms with van der Waals surface area (Å²) in [6, 6.07) is 7.17. The van der Waals surface area contributed by atoms with E-state index in [9.17, 15) is 9.90 Å². The van der Waals surface area contributed by atoms with Crippen LogP contribution in [0.5, 0.6) is 0 Å². The van der Waals surface area contributed by atoms with Crippen LogP contribution in [-0.2, 0) is 9.53 Å². The summed E-state index contributed by atoms with van der Waals surface area (Å²) in [6.07, 6.45) is 4.67. The number of hydrogen-bond acceptors (Lipinski definition) is 3. The van der Waals surface area contributed by atoms with Gasteiger partial charge in [0.1, 0.15) is 19.3 Å². The van der Waals surface area contributed by atoms with Crippen molar-refractivity contribution >= 4 is 23.6 Å². The zero-order chi connectivity index (χ0) is 18.7. The van der Waals surface area contributed by atoms with E-state index in [-0.39, 0.29) is 30.6 Å². The van der Waals surface area contributed by atoms with Gasteiger partial charge < -0.3 is 38.3 Å². The van der Waals surface area contributed by atoms with E-state index in [1.54, 1.807) is 18.2 Å². The van der Waals surface area contributed by atoms with Crippen molar-refractivity contribution in [2.75, 3.05) is 32.8 Å². The molecule has 0 radical (unpaired) electrons. The minimum Gasteiger partial charge on any atom is -1.00 e. The second kappa shape index (κ2) is 13.5. The maximum Gasteiger partial charge on any atom is 0.330 e. The number of likely N-dealkylation sites (N-methyl/N-ethyl adjacent to an activating group) is 1. The second-order valence-electron chi connectivity index (χ2n) is 6.40. The molecule has 0 fully saturated rings. The number of carbonyl (C=O) groups is 1. The molecule has 0 bridgehead atoms. The van der Waals surface area contributed by atoms with Gasteiger partial charge in [0.05, 0.1) is 19.6 Å². The van der Waals surface area contributed by atoms with E-state index < -0.39 is 12.1 Å². The molecule has 1 aromatic rings. The van der Waals surface area contributed by atoms with Gasteiger partial charge in [-0.1, -0.05) is 37.1 Å². The molecule has 0 amide bonds. The van der Waals surface area contributed by atoms with Crippen LogP contribution in [0.15, 0.2) is 30.3 Å². The molecule has 6 heteroatoms. The van der Waals surface area contributed by atoms with Crippen LogP contribution in [0.1, 0.15) is 39.2 Å². The number of ether oxygens (including phenoxy) is 1. The minimum absolute atomic E-state index is 0. The van der Waals surface area contributed by atoms with Gasteiger partial charge in [0, 0.05) is 11.1 Å². The van der Waals surface area contributed by atoms with Crippen LogP contribution in [0.2, 0.25) is 5.02 Å². The molecule has 0 aliphatic rings. The number of benzene rings is 1. The van der Waals surface area contributed by atoms with Gasteiger partial charge in [0.2, 0.25) is 0 Å². The summed E-state index contributed by atoms with van der Waals surface area (Å²) in [5.41, 5.74) is 0.870. The Morgan fingerprint density at radius 1 is 1.23 bits per heavy atom. The van der Waals surface area contributed by atoms with E-state index in [4.69, 9.17) is 16.3 Å². The number of halogens is 2. The average Bonchev–Trinajstić information content (AvgIpc) is 2.63. The van der Waals surface area contributed by atoms with Crippen LogP contribution in [-0.4, -0.2) is 54.4 Å². The quantitative estimate of drug-likeness (QED) is 0.215. The van der Waals surface area contributed by atoms with E-state index in [1.807, 2.05) is 12.1 Å². The summed E-state index contributed by atoms with van der Waals surface area (Å²) in [7, 11) is 0. The topological polar surface area (TPSA) is 46.5 Å². The molecule has 0 aliphatic heterocycles. The van der Waals surface area contributed by atoms with Crippen molar-refractivity contribution in [3.8, 4) is 0 Å². The Morgan fingerprint density at radius 3 is 2.38 bits per heavy atom. The summed E-state index contributed by atoms with van der Waals surface area (Å²) < 4.78 is 6.03. The first-order valence-corrected chi connectivity index (χ1v) is 9.46. The highest BCUT2D eigenvalue weighted by Gasteiger charge is 2.26. The largest absolute Gasteiger partial charge is 1.00 e. The fraction of sp³-hybridized carbons (Fsp3) is 0.550. The minimum atomic E-state index is -0.648. The van der Waals surface area contributed by atoms with Crippen LogP contribution in [0, 0.1) is 0 Å². The molecule has 1 aromatic carbocycles. The number of aliphatic hydroxyl groups excluding tert-OH is 1. The summed E-state index contributed by atoms with van der Waals surface area (Å²) in [4.78, 5) is 11.8. The van der Waals surface area contributed by atoms with Crippen LogP contribution < -0.4 is 24.0 Å². The molecule has 26 heavy (non-hydrogen) atoms. The van der Waals surface area contributed by atoms with Crippen LogP contribution in [0.3, 0.4) is 0 Å². The first kappa shape index (κ1) is 25.4. The molecule has 0 aliphatic carbocycles. The number of unbranched alkanes of at least 4 members (excludes halogenated alkanes) is 1. The lowest BCUT2D eigenvalue weighted by atomic mass is 10.2. The summed E-state index contributed by atoms with van der Waals surface area (Å²) in [6.45, 7) is 10.1. The molecule has 148 valence electrons. The van der Waals surface area contributed by atoms with Gasteiger partial charge in [0.15, 0.2) is 0 Å². The Balaban J connectivity index is 0.00000625. The third-order valence-electron chi connectivity index (χ3n) is 4.63. The first-order valence-electron chi connectivity index (χ1n) is 9.08. The predicted octanol–water partition coefficient (Wildman–Crippen LogP) is 0.918. The Labute approximate surface area is 179 Å². The molecule has 1 atom stereocenters. The third kappa shape index (κ3) is 9.35. The monoisotopic (exact) mass is 495 g/mol. The van der Waals surface area contributed by atoms with Crippen LogP contribution >= 0.6 is 11.6 Å². The molecule has 0 saturated carbocycles. The van der Waals surface area contributed by atoms with Crippen molar-refractivity contribution < 1.29 is 43.1 Å². The zero-order valence-electron chi connectivity index (χ0n) is 16.0. The van der Waals surface area contributed by atoms with E-state index in [1.165, 1.54) is 6.08 Å². The Kier molecular flexibility index (Phi) is 13.2. The van der Waals surface area contributed by atoms with E-state index in [0.29, 0.717) is 11.6 Å². The van der Waals surface area contributed by atoms with E-state index in [2.05, 4.69) is 20.8 Å². The Morgan fingerprint density at radius 2 is 1.85 bits per heavy atom. The molecule has 1 rings (SSSR count). The van der Waals surface area contributed by atoms with Gasteiger partial charge in [-0.25, -0.2) is 4.79 Å². The number of rotatable bonds is 11. The molecule has 1 N–H and O–H groups in total.